The van der Waals surface area contributed by atoms with Crippen molar-refractivity contribution >= 4 is 54.3 Å². The topological polar surface area (TPSA) is 13.1 Å². The second-order valence-electron chi connectivity index (χ2n) is 14.8. The second kappa shape index (κ2) is 10.8. The second-order valence-corrected chi connectivity index (χ2v) is 14.8. The van der Waals surface area contributed by atoms with E-state index in [1.165, 1.54) is 76.8 Å². The summed E-state index contributed by atoms with van der Waals surface area (Å²) >= 11 is 0. The number of fused-ring (bicyclic) bond motifs is 10. The van der Waals surface area contributed by atoms with E-state index < -0.39 is 0 Å². The number of rotatable bonds is 3. The fourth-order valence-electron chi connectivity index (χ4n) is 9.38. The molecule has 1 heterocycles. The number of para-hydroxylation sites is 2. The van der Waals surface area contributed by atoms with E-state index in [0.717, 1.165) is 33.1 Å². The van der Waals surface area contributed by atoms with E-state index in [-0.39, 0.29) is 5.41 Å². The first-order valence-corrected chi connectivity index (χ1v) is 18.2. The lowest BCUT2D eigenvalue weighted by Gasteiger charge is -2.23. The van der Waals surface area contributed by atoms with Crippen LogP contribution in [0, 0.1) is 0 Å². The van der Waals surface area contributed by atoms with Gasteiger partial charge in [-0.15, -0.1) is 0 Å². The summed E-state index contributed by atoms with van der Waals surface area (Å²) in [5.41, 5.74) is 14.6. The van der Waals surface area contributed by atoms with Crippen LogP contribution in [0.1, 0.15) is 25.0 Å². The zero-order valence-corrected chi connectivity index (χ0v) is 29.1. The van der Waals surface area contributed by atoms with Gasteiger partial charge in [-0.3, -0.25) is 0 Å². The molecule has 11 rings (SSSR count). The van der Waals surface area contributed by atoms with Crippen molar-refractivity contribution in [3.05, 3.63) is 181 Å². The molecule has 1 nitrogen and oxygen atoms in total. The summed E-state index contributed by atoms with van der Waals surface area (Å²) < 4.78 is 6.41. The first-order chi connectivity index (χ1) is 25.6. The lowest BCUT2D eigenvalue weighted by atomic mass is 9.79. The molecule has 244 valence electrons. The van der Waals surface area contributed by atoms with Crippen LogP contribution in [0.3, 0.4) is 0 Å². The Morgan fingerprint density at radius 1 is 0.365 bits per heavy atom. The average molecular weight is 663 g/mol. The van der Waals surface area contributed by atoms with Crippen molar-refractivity contribution in [3.8, 4) is 44.5 Å². The molecule has 0 N–H and O–H groups in total. The SMILES string of the molecule is CC1(C)c2cccc(-c3c4ccccc4c(-c4ccc(-c5cccc6c5oc5ccccc56)cc4)c4ccccc34)c2-c2ccc3ccccc3c21. The molecule has 0 aliphatic heterocycles. The summed E-state index contributed by atoms with van der Waals surface area (Å²) in [5.74, 6) is 0. The summed E-state index contributed by atoms with van der Waals surface area (Å²) in [7, 11) is 0. The smallest absolute Gasteiger partial charge is 0.143 e. The molecule has 0 saturated heterocycles. The summed E-state index contributed by atoms with van der Waals surface area (Å²) in [6.45, 7) is 4.79. The van der Waals surface area contributed by atoms with Crippen molar-refractivity contribution in [3.63, 3.8) is 0 Å². The monoisotopic (exact) mass is 662 g/mol. The Hall–Kier alpha value is -6.44. The van der Waals surface area contributed by atoms with Gasteiger partial charge in [-0.05, 0) is 88.5 Å². The Bertz CT molecular complexity index is 3030. The van der Waals surface area contributed by atoms with Crippen molar-refractivity contribution < 1.29 is 4.42 Å². The fraction of sp³-hybridized carbons (Fsp3) is 0.0588. The van der Waals surface area contributed by atoms with Gasteiger partial charge in [0.05, 0.1) is 0 Å². The Kier molecular flexibility index (Phi) is 6.08. The summed E-state index contributed by atoms with van der Waals surface area (Å²) in [6.07, 6.45) is 0. The molecule has 1 heteroatoms. The third-order valence-corrected chi connectivity index (χ3v) is 11.7. The van der Waals surface area contributed by atoms with Crippen molar-refractivity contribution in [2.45, 2.75) is 19.3 Å². The summed E-state index contributed by atoms with van der Waals surface area (Å²) in [6, 6.07) is 62.3. The van der Waals surface area contributed by atoms with Crippen LogP contribution in [0.4, 0.5) is 0 Å². The molecule has 0 spiro atoms. The molecule has 1 aromatic heterocycles. The van der Waals surface area contributed by atoms with Crippen LogP contribution in [-0.2, 0) is 5.41 Å². The molecular formula is C51H34O. The lowest BCUT2D eigenvalue weighted by Crippen LogP contribution is -2.15. The van der Waals surface area contributed by atoms with Crippen LogP contribution in [0.5, 0.6) is 0 Å². The summed E-state index contributed by atoms with van der Waals surface area (Å²) in [5, 5.41) is 10.0. The molecule has 0 amide bonds. The minimum atomic E-state index is -0.123. The quantitative estimate of drug-likeness (QED) is 0.172. The minimum Gasteiger partial charge on any atom is -0.455 e. The van der Waals surface area contributed by atoms with Crippen LogP contribution < -0.4 is 0 Å². The van der Waals surface area contributed by atoms with E-state index in [4.69, 9.17) is 4.42 Å². The van der Waals surface area contributed by atoms with Crippen LogP contribution in [0.25, 0.3) is 98.8 Å². The first kappa shape index (κ1) is 29.3. The van der Waals surface area contributed by atoms with Crippen LogP contribution in [-0.4, -0.2) is 0 Å². The van der Waals surface area contributed by atoms with E-state index in [1.807, 2.05) is 12.1 Å². The van der Waals surface area contributed by atoms with Gasteiger partial charge in [0.25, 0.3) is 0 Å². The molecule has 1 aliphatic rings. The molecule has 0 unspecified atom stereocenters. The van der Waals surface area contributed by atoms with Crippen molar-refractivity contribution in [1.29, 1.82) is 0 Å². The van der Waals surface area contributed by atoms with Gasteiger partial charge in [0.1, 0.15) is 11.2 Å². The van der Waals surface area contributed by atoms with Gasteiger partial charge in [0, 0.05) is 21.8 Å². The zero-order valence-electron chi connectivity index (χ0n) is 29.1. The fourth-order valence-corrected chi connectivity index (χ4v) is 9.38. The van der Waals surface area contributed by atoms with E-state index in [9.17, 15) is 0 Å². The van der Waals surface area contributed by atoms with E-state index in [0.29, 0.717) is 0 Å². The maximum absolute atomic E-state index is 6.41. The highest BCUT2D eigenvalue weighted by atomic mass is 16.3. The third kappa shape index (κ3) is 3.99. The van der Waals surface area contributed by atoms with E-state index >= 15 is 0 Å². The van der Waals surface area contributed by atoms with Crippen molar-refractivity contribution in [1.82, 2.24) is 0 Å². The lowest BCUT2D eigenvalue weighted by molar-refractivity contribution is 0.666. The van der Waals surface area contributed by atoms with Gasteiger partial charge >= 0.3 is 0 Å². The maximum Gasteiger partial charge on any atom is 0.143 e. The van der Waals surface area contributed by atoms with Gasteiger partial charge in [-0.1, -0.05) is 178 Å². The molecule has 0 fully saturated rings. The number of benzene rings is 9. The maximum atomic E-state index is 6.41. The van der Waals surface area contributed by atoms with Crippen LogP contribution >= 0.6 is 0 Å². The number of furan rings is 1. The van der Waals surface area contributed by atoms with Crippen molar-refractivity contribution in [2.75, 3.05) is 0 Å². The zero-order chi connectivity index (χ0) is 34.6. The van der Waals surface area contributed by atoms with Crippen LogP contribution in [0.15, 0.2) is 174 Å². The molecule has 0 atom stereocenters. The highest BCUT2D eigenvalue weighted by Gasteiger charge is 2.38. The van der Waals surface area contributed by atoms with Gasteiger partial charge in [0.2, 0.25) is 0 Å². The normalized spacial score (nSPS) is 13.3. The van der Waals surface area contributed by atoms with Crippen molar-refractivity contribution in [2.24, 2.45) is 0 Å². The Labute approximate surface area is 302 Å². The largest absolute Gasteiger partial charge is 0.455 e. The Morgan fingerprint density at radius 2 is 0.923 bits per heavy atom. The minimum absolute atomic E-state index is 0.123. The first-order valence-electron chi connectivity index (χ1n) is 18.2. The molecule has 10 aromatic rings. The molecule has 0 radical (unpaired) electrons. The highest BCUT2D eigenvalue weighted by molar-refractivity contribution is 6.23. The number of hydrogen-bond acceptors (Lipinski definition) is 1. The highest BCUT2D eigenvalue weighted by Crippen LogP contribution is 2.56. The molecule has 52 heavy (non-hydrogen) atoms. The average Bonchev–Trinajstić information content (AvgIpc) is 3.69. The predicted molar refractivity (Wildman–Crippen MR) is 220 cm³/mol. The standard InChI is InChI=1S/C51H34O/c1-51(2)44-23-12-22-42(48(44)43-30-29-31-13-3-4-14-34(31)49(43)51)47-39-18-7-5-16-37(39)46(38-17-6-8-19-40(38)47)33-27-25-32(26-28-33)35-20-11-21-41-36-15-9-10-24-45(36)52-50(35)41/h3-30H,1-2H3. The molecule has 9 aromatic carbocycles. The molecule has 0 saturated carbocycles. The summed E-state index contributed by atoms with van der Waals surface area (Å²) in [4.78, 5) is 0. The predicted octanol–water partition coefficient (Wildman–Crippen LogP) is 14.4. The number of hydrogen-bond donors (Lipinski definition) is 0. The molecule has 1 aliphatic carbocycles. The van der Waals surface area contributed by atoms with Gasteiger partial charge in [0.15, 0.2) is 0 Å². The molecular weight excluding hydrogens is 629 g/mol. The van der Waals surface area contributed by atoms with Gasteiger partial charge in [-0.2, -0.15) is 0 Å². The van der Waals surface area contributed by atoms with Gasteiger partial charge in [-0.25, -0.2) is 0 Å². The van der Waals surface area contributed by atoms with E-state index in [2.05, 4.69) is 172 Å². The molecule has 0 bridgehead atoms. The Balaban J connectivity index is 1.14. The third-order valence-electron chi connectivity index (χ3n) is 11.7. The van der Waals surface area contributed by atoms with E-state index in [1.54, 1.807) is 0 Å². The van der Waals surface area contributed by atoms with Crippen LogP contribution in [0.2, 0.25) is 0 Å². The Morgan fingerprint density at radius 3 is 1.65 bits per heavy atom. The van der Waals surface area contributed by atoms with Gasteiger partial charge < -0.3 is 4.42 Å².